The molecule has 0 saturated carbocycles. The molecule has 72 valence electrons. The molecule has 0 aliphatic carbocycles. The molecule has 0 heterocycles. The number of rotatable bonds is 5. The molecule has 1 N–H and O–H groups in total. The molecule has 0 aromatic heterocycles. The SMILES string of the molecule is CC(CO)OOCc1ccccc1. The van der Waals surface area contributed by atoms with Crippen molar-refractivity contribution in [3.05, 3.63) is 35.9 Å². The number of hydrogen-bond donors (Lipinski definition) is 1. The Morgan fingerprint density at radius 2 is 2.00 bits per heavy atom. The van der Waals surface area contributed by atoms with Crippen molar-refractivity contribution in [2.45, 2.75) is 19.6 Å². The van der Waals surface area contributed by atoms with E-state index < -0.39 is 0 Å². The second-order valence-electron chi connectivity index (χ2n) is 2.84. The minimum atomic E-state index is -0.274. The molecule has 0 fully saturated rings. The van der Waals surface area contributed by atoms with Crippen molar-refractivity contribution in [3.8, 4) is 0 Å². The third-order valence-electron chi connectivity index (χ3n) is 1.56. The third-order valence-corrected chi connectivity index (χ3v) is 1.56. The predicted octanol–water partition coefficient (Wildman–Crippen LogP) is 1.52. The van der Waals surface area contributed by atoms with Gasteiger partial charge >= 0.3 is 0 Å². The van der Waals surface area contributed by atoms with Gasteiger partial charge in [-0.25, -0.2) is 9.78 Å². The van der Waals surface area contributed by atoms with E-state index in [-0.39, 0.29) is 12.7 Å². The first-order valence-electron chi connectivity index (χ1n) is 4.26. The minimum absolute atomic E-state index is 0.0329. The molecule has 1 unspecified atom stereocenters. The predicted molar refractivity (Wildman–Crippen MR) is 48.9 cm³/mol. The first-order valence-corrected chi connectivity index (χ1v) is 4.26. The number of aliphatic hydroxyl groups is 1. The smallest absolute Gasteiger partial charge is 0.113 e. The summed E-state index contributed by atoms with van der Waals surface area (Å²) >= 11 is 0. The summed E-state index contributed by atoms with van der Waals surface area (Å²) in [5, 5.41) is 8.63. The summed E-state index contributed by atoms with van der Waals surface area (Å²) in [6.07, 6.45) is -0.274. The van der Waals surface area contributed by atoms with Crippen LogP contribution in [-0.2, 0) is 16.4 Å². The lowest BCUT2D eigenvalue weighted by Gasteiger charge is -2.08. The van der Waals surface area contributed by atoms with E-state index in [1.165, 1.54) is 0 Å². The van der Waals surface area contributed by atoms with Crippen LogP contribution in [0.15, 0.2) is 30.3 Å². The maximum Gasteiger partial charge on any atom is 0.113 e. The number of hydrogen-bond acceptors (Lipinski definition) is 3. The van der Waals surface area contributed by atoms with Crippen LogP contribution in [0.5, 0.6) is 0 Å². The summed E-state index contributed by atoms with van der Waals surface area (Å²) in [6, 6.07) is 9.73. The topological polar surface area (TPSA) is 38.7 Å². The van der Waals surface area contributed by atoms with E-state index in [1.54, 1.807) is 6.92 Å². The van der Waals surface area contributed by atoms with Gasteiger partial charge in [-0.05, 0) is 12.5 Å². The highest BCUT2D eigenvalue weighted by molar-refractivity contribution is 5.13. The van der Waals surface area contributed by atoms with E-state index in [4.69, 9.17) is 14.9 Å². The zero-order chi connectivity index (χ0) is 9.52. The fraction of sp³-hybridized carbons (Fsp3) is 0.400. The van der Waals surface area contributed by atoms with E-state index in [9.17, 15) is 0 Å². The Morgan fingerprint density at radius 3 is 2.62 bits per heavy atom. The van der Waals surface area contributed by atoms with Crippen LogP contribution in [0.2, 0.25) is 0 Å². The highest BCUT2D eigenvalue weighted by Gasteiger charge is 1.99. The van der Waals surface area contributed by atoms with Crippen molar-refractivity contribution in [3.63, 3.8) is 0 Å². The fourth-order valence-corrected chi connectivity index (χ4v) is 0.823. The van der Waals surface area contributed by atoms with Crippen molar-refractivity contribution in [1.29, 1.82) is 0 Å². The first kappa shape index (κ1) is 10.2. The molecule has 0 bridgehead atoms. The van der Waals surface area contributed by atoms with Crippen LogP contribution in [0.25, 0.3) is 0 Å². The highest BCUT2D eigenvalue weighted by Crippen LogP contribution is 2.01. The molecule has 0 saturated heterocycles. The van der Waals surface area contributed by atoms with Gasteiger partial charge in [0.25, 0.3) is 0 Å². The molecule has 1 aromatic carbocycles. The average Bonchev–Trinajstić information content (AvgIpc) is 2.19. The van der Waals surface area contributed by atoms with Gasteiger partial charge in [0, 0.05) is 0 Å². The molecule has 13 heavy (non-hydrogen) atoms. The van der Waals surface area contributed by atoms with Crippen LogP contribution in [-0.4, -0.2) is 17.8 Å². The average molecular weight is 182 g/mol. The summed E-state index contributed by atoms with van der Waals surface area (Å²) in [6.45, 7) is 2.12. The van der Waals surface area contributed by atoms with E-state index >= 15 is 0 Å². The molecule has 0 aliphatic rings. The van der Waals surface area contributed by atoms with E-state index in [1.807, 2.05) is 30.3 Å². The van der Waals surface area contributed by atoms with Gasteiger partial charge in [0.1, 0.15) is 12.7 Å². The molecule has 0 spiro atoms. The Labute approximate surface area is 77.8 Å². The van der Waals surface area contributed by atoms with Crippen LogP contribution < -0.4 is 0 Å². The molecule has 1 atom stereocenters. The Kier molecular flexibility index (Phi) is 4.46. The lowest BCUT2D eigenvalue weighted by molar-refractivity contribution is -0.333. The van der Waals surface area contributed by atoms with Gasteiger partial charge < -0.3 is 5.11 Å². The molecule has 0 radical (unpaired) electrons. The second kappa shape index (κ2) is 5.70. The maximum atomic E-state index is 8.63. The zero-order valence-electron chi connectivity index (χ0n) is 7.64. The van der Waals surface area contributed by atoms with Gasteiger partial charge in [-0.1, -0.05) is 30.3 Å². The highest BCUT2D eigenvalue weighted by atomic mass is 17.2. The maximum absolute atomic E-state index is 8.63. The standard InChI is InChI=1S/C10H14O3/c1-9(7-11)13-12-8-10-5-3-2-4-6-10/h2-6,9,11H,7-8H2,1H3. The molecule has 0 amide bonds. The van der Waals surface area contributed by atoms with Crippen LogP contribution in [0.1, 0.15) is 12.5 Å². The van der Waals surface area contributed by atoms with Crippen LogP contribution in [0.3, 0.4) is 0 Å². The van der Waals surface area contributed by atoms with Crippen molar-refractivity contribution >= 4 is 0 Å². The Bertz CT molecular complexity index is 223. The monoisotopic (exact) mass is 182 g/mol. The summed E-state index contributed by atoms with van der Waals surface area (Å²) in [7, 11) is 0. The molecule has 3 nitrogen and oxygen atoms in total. The number of benzene rings is 1. The molecular weight excluding hydrogens is 168 g/mol. The van der Waals surface area contributed by atoms with E-state index in [0.29, 0.717) is 6.61 Å². The normalized spacial score (nSPS) is 12.8. The molecule has 1 aromatic rings. The van der Waals surface area contributed by atoms with Gasteiger partial charge in [-0.15, -0.1) is 0 Å². The second-order valence-corrected chi connectivity index (χ2v) is 2.84. The Morgan fingerprint density at radius 1 is 1.31 bits per heavy atom. The Balaban J connectivity index is 2.20. The zero-order valence-corrected chi connectivity index (χ0v) is 7.64. The van der Waals surface area contributed by atoms with Crippen LogP contribution >= 0.6 is 0 Å². The van der Waals surface area contributed by atoms with Crippen molar-refractivity contribution in [1.82, 2.24) is 0 Å². The number of aliphatic hydroxyl groups excluding tert-OH is 1. The lowest BCUT2D eigenvalue weighted by Crippen LogP contribution is -2.13. The van der Waals surface area contributed by atoms with E-state index in [2.05, 4.69) is 0 Å². The van der Waals surface area contributed by atoms with Gasteiger partial charge in [-0.3, -0.25) is 0 Å². The molecule has 0 aliphatic heterocycles. The Hall–Kier alpha value is -0.900. The summed E-state index contributed by atoms with van der Waals surface area (Å²) in [5.41, 5.74) is 1.05. The lowest BCUT2D eigenvalue weighted by atomic mass is 10.2. The van der Waals surface area contributed by atoms with Crippen LogP contribution in [0.4, 0.5) is 0 Å². The quantitative estimate of drug-likeness (QED) is 0.554. The van der Waals surface area contributed by atoms with Crippen molar-refractivity contribution < 1.29 is 14.9 Å². The minimum Gasteiger partial charge on any atom is -0.394 e. The van der Waals surface area contributed by atoms with Gasteiger partial charge in [0.2, 0.25) is 0 Å². The van der Waals surface area contributed by atoms with Crippen molar-refractivity contribution in [2.75, 3.05) is 6.61 Å². The summed E-state index contributed by atoms with van der Waals surface area (Å²) in [5.74, 6) is 0. The molecule has 1 rings (SSSR count). The van der Waals surface area contributed by atoms with Gasteiger partial charge in [-0.2, -0.15) is 0 Å². The van der Waals surface area contributed by atoms with Crippen LogP contribution in [0, 0.1) is 0 Å². The van der Waals surface area contributed by atoms with E-state index in [0.717, 1.165) is 5.56 Å². The molecule has 3 heteroatoms. The first-order chi connectivity index (χ1) is 6.33. The largest absolute Gasteiger partial charge is 0.394 e. The van der Waals surface area contributed by atoms with Gasteiger partial charge in [0.05, 0.1) is 6.61 Å². The third kappa shape index (κ3) is 4.03. The van der Waals surface area contributed by atoms with Gasteiger partial charge in [0.15, 0.2) is 0 Å². The summed E-state index contributed by atoms with van der Waals surface area (Å²) in [4.78, 5) is 9.76. The molecular formula is C10H14O3. The fourth-order valence-electron chi connectivity index (χ4n) is 0.823. The summed E-state index contributed by atoms with van der Waals surface area (Å²) < 4.78 is 0. The van der Waals surface area contributed by atoms with Crippen molar-refractivity contribution in [2.24, 2.45) is 0 Å².